The summed E-state index contributed by atoms with van der Waals surface area (Å²) in [5, 5.41) is 4.33. The predicted octanol–water partition coefficient (Wildman–Crippen LogP) is 8.78. The van der Waals surface area contributed by atoms with Crippen molar-refractivity contribution in [2.24, 2.45) is 57.5 Å². The van der Waals surface area contributed by atoms with Gasteiger partial charge in [0.05, 0.1) is 0 Å². The minimum Gasteiger partial charge on any atom is -0.333 e. The first kappa shape index (κ1) is 31.4. The summed E-state index contributed by atoms with van der Waals surface area (Å²) in [4.78, 5) is 0. The number of hydrazine groups is 1. The van der Waals surface area contributed by atoms with Crippen LogP contribution in [0.1, 0.15) is 91.9 Å². The van der Waals surface area contributed by atoms with E-state index in [-0.39, 0.29) is 5.41 Å². The van der Waals surface area contributed by atoms with Crippen LogP contribution in [0.25, 0.3) is 0 Å². The summed E-state index contributed by atoms with van der Waals surface area (Å²) in [5.41, 5.74) is 11.0. The summed E-state index contributed by atoms with van der Waals surface area (Å²) in [7, 11) is 7.84. The van der Waals surface area contributed by atoms with Crippen molar-refractivity contribution in [3.63, 3.8) is 0 Å². The molecule has 0 aromatic heterocycles. The number of nitrogens with two attached hydrogens (primary N) is 1. The molecule has 9 unspecified atom stereocenters. The lowest BCUT2D eigenvalue weighted by molar-refractivity contribution is -0.0915. The van der Waals surface area contributed by atoms with Gasteiger partial charge in [0, 0.05) is 32.3 Å². The number of hydrogen-bond acceptors (Lipinski definition) is 3. The summed E-state index contributed by atoms with van der Waals surface area (Å²) in [6.45, 7) is 24.0. The molecule has 0 amide bonds. The SMILES string of the molecule is C=C1C=CC2(C)C(=C1)CCC1C2C(C)CC2(C)C1CC1CC(CCC)CC12C(=C)CCC(=C)N(C)N(C)C.CN. The van der Waals surface area contributed by atoms with E-state index in [0.717, 1.165) is 48.3 Å². The zero-order valence-electron chi connectivity index (χ0n) is 27.4. The quantitative estimate of drug-likeness (QED) is 0.243. The Hall–Kier alpha value is -1.58. The molecule has 40 heavy (non-hydrogen) atoms. The molecule has 0 radical (unpaired) electrons. The van der Waals surface area contributed by atoms with Crippen LogP contribution in [0.5, 0.6) is 0 Å². The topological polar surface area (TPSA) is 32.5 Å². The van der Waals surface area contributed by atoms with Crippen molar-refractivity contribution in [3.05, 3.63) is 60.4 Å². The van der Waals surface area contributed by atoms with Gasteiger partial charge in [-0.3, -0.25) is 0 Å². The molecule has 0 aromatic carbocycles. The van der Waals surface area contributed by atoms with Crippen LogP contribution in [-0.4, -0.2) is 38.2 Å². The Balaban J connectivity index is 0.00000181. The second-order valence-electron chi connectivity index (χ2n) is 14.8. The molecule has 224 valence electrons. The van der Waals surface area contributed by atoms with Crippen molar-refractivity contribution < 1.29 is 0 Å². The zero-order chi connectivity index (χ0) is 29.6. The van der Waals surface area contributed by atoms with Gasteiger partial charge in [-0.25, -0.2) is 5.01 Å². The van der Waals surface area contributed by atoms with Crippen molar-refractivity contribution in [1.29, 1.82) is 0 Å². The molecule has 0 bridgehead atoms. The molecular weight excluding hydrogens is 486 g/mol. The van der Waals surface area contributed by atoms with E-state index >= 15 is 0 Å². The number of rotatable bonds is 8. The second kappa shape index (κ2) is 11.6. The van der Waals surface area contributed by atoms with Crippen LogP contribution in [0.15, 0.2) is 60.4 Å². The minimum absolute atomic E-state index is 0.214. The van der Waals surface area contributed by atoms with Gasteiger partial charge in [0.1, 0.15) is 0 Å². The molecule has 0 aromatic rings. The molecule has 2 N–H and O–H groups in total. The lowest BCUT2D eigenvalue weighted by Gasteiger charge is -2.62. The van der Waals surface area contributed by atoms with E-state index in [1.165, 1.54) is 69.7 Å². The largest absolute Gasteiger partial charge is 0.333 e. The fraction of sp³-hybridized carbons (Fsp3) is 0.730. The number of hydrogen-bond donors (Lipinski definition) is 1. The van der Waals surface area contributed by atoms with Gasteiger partial charge in [-0.2, -0.15) is 0 Å². The van der Waals surface area contributed by atoms with Crippen molar-refractivity contribution in [3.8, 4) is 0 Å². The molecule has 5 aliphatic carbocycles. The summed E-state index contributed by atoms with van der Waals surface area (Å²) in [6, 6.07) is 0. The van der Waals surface area contributed by atoms with E-state index < -0.39 is 0 Å². The van der Waals surface area contributed by atoms with Crippen molar-refractivity contribution in [2.45, 2.75) is 91.9 Å². The summed E-state index contributed by atoms with van der Waals surface area (Å²) in [6.07, 6.45) is 20.4. The van der Waals surface area contributed by atoms with E-state index in [0.29, 0.717) is 10.8 Å². The van der Waals surface area contributed by atoms with Crippen molar-refractivity contribution in [1.82, 2.24) is 10.0 Å². The molecule has 3 nitrogen and oxygen atoms in total. The monoisotopic (exact) mass is 547 g/mol. The first-order valence-electron chi connectivity index (χ1n) is 16.3. The van der Waals surface area contributed by atoms with E-state index in [9.17, 15) is 0 Å². The highest BCUT2D eigenvalue weighted by Crippen LogP contribution is 2.78. The Morgan fingerprint density at radius 1 is 1.07 bits per heavy atom. The first-order chi connectivity index (χ1) is 18.9. The molecule has 0 saturated heterocycles. The predicted molar refractivity (Wildman–Crippen MR) is 173 cm³/mol. The van der Waals surface area contributed by atoms with Gasteiger partial charge in [-0.1, -0.05) is 89.6 Å². The molecular formula is C37H61N3. The minimum atomic E-state index is 0.214. The van der Waals surface area contributed by atoms with Crippen LogP contribution >= 0.6 is 0 Å². The van der Waals surface area contributed by atoms with Crippen LogP contribution in [0.2, 0.25) is 0 Å². The first-order valence-corrected chi connectivity index (χ1v) is 16.3. The summed E-state index contributed by atoms with van der Waals surface area (Å²) >= 11 is 0. The highest BCUT2D eigenvalue weighted by Gasteiger charge is 2.70. The Kier molecular flexibility index (Phi) is 9.09. The molecule has 0 spiro atoms. The van der Waals surface area contributed by atoms with E-state index in [1.807, 2.05) is 0 Å². The Morgan fingerprint density at radius 3 is 2.42 bits per heavy atom. The zero-order valence-corrected chi connectivity index (χ0v) is 27.4. The van der Waals surface area contributed by atoms with Crippen LogP contribution in [0.4, 0.5) is 0 Å². The van der Waals surface area contributed by atoms with Crippen molar-refractivity contribution in [2.75, 3.05) is 28.2 Å². The van der Waals surface area contributed by atoms with Gasteiger partial charge in [-0.15, -0.1) is 0 Å². The molecule has 9 atom stereocenters. The van der Waals surface area contributed by atoms with E-state index in [1.54, 1.807) is 11.1 Å². The summed E-state index contributed by atoms with van der Waals surface area (Å²) in [5.74, 6) is 4.85. The third kappa shape index (κ3) is 4.72. The van der Waals surface area contributed by atoms with Crippen LogP contribution in [0.3, 0.4) is 0 Å². The third-order valence-electron chi connectivity index (χ3n) is 12.9. The Morgan fingerprint density at radius 2 is 1.77 bits per heavy atom. The summed E-state index contributed by atoms with van der Waals surface area (Å²) < 4.78 is 0. The maximum absolute atomic E-state index is 4.99. The molecule has 0 aliphatic heterocycles. The van der Waals surface area contributed by atoms with Crippen LogP contribution in [0, 0.1) is 51.8 Å². The highest BCUT2D eigenvalue weighted by molar-refractivity contribution is 5.44. The standard InChI is InChI=1S/C36H56N2.CH5N/c1-11-12-28-20-30-21-32-31-16-15-29-19-24(2)17-18-34(29,6)33(31)25(3)22-35(32,7)36(30,23-28)26(4)13-14-27(5)38(10)37(8)9;1-2/h17-19,25,28,30-33H,2,4-5,11-16,20-23H2,1,3,6-10H3;2H2,1H3. The van der Waals surface area contributed by atoms with Gasteiger partial charge in [0.2, 0.25) is 0 Å². The van der Waals surface area contributed by atoms with Gasteiger partial charge in [0.25, 0.3) is 0 Å². The lowest BCUT2D eigenvalue weighted by atomic mass is 9.42. The van der Waals surface area contributed by atoms with E-state index in [4.69, 9.17) is 6.58 Å². The Bertz CT molecular complexity index is 1050. The third-order valence-corrected chi connectivity index (χ3v) is 12.9. The second-order valence-corrected chi connectivity index (χ2v) is 14.8. The normalized spacial score (nSPS) is 41.2. The average molecular weight is 548 g/mol. The lowest BCUT2D eigenvalue weighted by Crippen LogP contribution is -2.55. The number of fused-ring (bicyclic) bond motifs is 7. The maximum atomic E-state index is 4.99. The molecule has 3 heteroatoms. The van der Waals surface area contributed by atoms with Gasteiger partial charge < -0.3 is 10.7 Å². The van der Waals surface area contributed by atoms with Gasteiger partial charge >= 0.3 is 0 Å². The molecule has 4 saturated carbocycles. The highest BCUT2D eigenvalue weighted by atomic mass is 15.6. The molecule has 0 heterocycles. The van der Waals surface area contributed by atoms with Crippen LogP contribution < -0.4 is 5.73 Å². The number of nitrogens with zero attached hydrogens (tertiary/aromatic N) is 2. The average Bonchev–Trinajstić information content (AvgIpc) is 3.40. The molecule has 5 rings (SSSR count). The van der Waals surface area contributed by atoms with Gasteiger partial charge in [-0.05, 0) is 110 Å². The molecule has 4 fully saturated rings. The Labute approximate surface area is 247 Å². The molecule has 5 aliphatic rings. The number of allylic oxidation sites excluding steroid dienone is 7. The fourth-order valence-corrected chi connectivity index (χ4v) is 11.3. The van der Waals surface area contributed by atoms with E-state index in [2.05, 4.69) is 96.0 Å². The fourth-order valence-electron chi connectivity index (χ4n) is 11.3. The maximum Gasteiger partial charge on any atom is 0.0230 e. The smallest absolute Gasteiger partial charge is 0.0230 e. The van der Waals surface area contributed by atoms with Crippen LogP contribution in [-0.2, 0) is 0 Å². The van der Waals surface area contributed by atoms with Gasteiger partial charge in [0.15, 0.2) is 0 Å². The van der Waals surface area contributed by atoms with Crippen molar-refractivity contribution >= 4 is 0 Å².